The van der Waals surface area contributed by atoms with Crippen LogP contribution in [0.1, 0.15) is 5.56 Å². The number of thioether (sulfide) groups is 1. The van der Waals surface area contributed by atoms with Crippen molar-refractivity contribution in [3.05, 3.63) is 29.8 Å². The second kappa shape index (κ2) is 5.40. The Kier molecular flexibility index (Phi) is 3.59. The molecule has 1 aromatic rings. The minimum Gasteiger partial charge on any atom is -0.481 e. The number of aliphatic carboxylic acids is 1. The number of fused-ring (bicyclic) bond motifs is 1. The molecule has 3 rings (SSSR count). The summed E-state index contributed by atoms with van der Waals surface area (Å²) in [4.78, 5) is 36.6. The van der Waals surface area contributed by atoms with Crippen LogP contribution in [0.3, 0.4) is 0 Å². The molecule has 0 radical (unpaired) electrons. The molecule has 2 unspecified atom stereocenters. The monoisotopic (exact) mass is 306 g/mol. The Morgan fingerprint density at radius 2 is 2.10 bits per heavy atom. The number of benzene rings is 1. The van der Waals surface area contributed by atoms with E-state index in [1.54, 1.807) is 0 Å². The first-order valence-electron chi connectivity index (χ1n) is 6.61. The van der Waals surface area contributed by atoms with E-state index in [0.717, 1.165) is 23.0 Å². The Labute approximate surface area is 125 Å². The summed E-state index contributed by atoms with van der Waals surface area (Å²) in [6, 6.07) is 6.73. The zero-order valence-corrected chi connectivity index (χ0v) is 11.9. The maximum absolute atomic E-state index is 12.6. The number of amides is 2. The first-order chi connectivity index (χ1) is 10.1. The number of nitrogens with one attached hydrogen (secondary N) is 1. The third-order valence-corrected chi connectivity index (χ3v) is 4.62. The van der Waals surface area contributed by atoms with Crippen molar-refractivity contribution >= 4 is 34.6 Å². The third kappa shape index (κ3) is 2.61. The van der Waals surface area contributed by atoms with Crippen LogP contribution in [0.4, 0.5) is 10.5 Å². The molecule has 0 bridgehead atoms. The first-order valence-corrected chi connectivity index (χ1v) is 7.60. The van der Waals surface area contributed by atoms with E-state index in [1.807, 2.05) is 24.3 Å². The second-order valence-electron chi connectivity index (χ2n) is 5.11. The summed E-state index contributed by atoms with van der Waals surface area (Å²) >= 11 is 1.07. The van der Waals surface area contributed by atoms with E-state index in [2.05, 4.69) is 5.32 Å². The molecular weight excluding hydrogens is 292 g/mol. The summed E-state index contributed by atoms with van der Waals surface area (Å²) in [5.74, 6) is -1.39. The number of carbonyl (C=O) groups excluding carboxylic acids is 2. The van der Waals surface area contributed by atoms with E-state index in [1.165, 1.54) is 4.90 Å². The van der Waals surface area contributed by atoms with Gasteiger partial charge in [0.05, 0.1) is 5.92 Å². The summed E-state index contributed by atoms with van der Waals surface area (Å²) in [7, 11) is 0. The topological polar surface area (TPSA) is 86.7 Å². The van der Waals surface area contributed by atoms with Gasteiger partial charge in [0.1, 0.15) is 6.04 Å². The second-order valence-corrected chi connectivity index (χ2v) is 6.11. The highest BCUT2D eigenvalue weighted by Gasteiger charge is 2.37. The normalized spacial score (nSPS) is 24.4. The zero-order chi connectivity index (χ0) is 15.0. The summed E-state index contributed by atoms with van der Waals surface area (Å²) < 4.78 is 0. The van der Waals surface area contributed by atoms with Gasteiger partial charge in [-0.15, -0.1) is 0 Å². The number of hydrogen-bond donors (Lipinski definition) is 2. The summed E-state index contributed by atoms with van der Waals surface area (Å²) in [6.45, 7) is 0.141. The number of carbonyl (C=O) groups is 3. The molecule has 0 saturated carbocycles. The van der Waals surface area contributed by atoms with Crippen LogP contribution in [-0.2, 0) is 16.0 Å². The molecule has 2 aliphatic rings. The van der Waals surface area contributed by atoms with Crippen molar-refractivity contribution in [2.45, 2.75) is 12.5 Å². The van der Waals surface area contributed by atoms with E-state index < -0.39 is 17.9 Å². The predicted octanol–water partition coefficient (Wildman–Crippen LogP) is 1.10. The lowest BCUT2D eigenvalue weighted by Gasteiger charge is -2.34. The summed E-state index contributed by atoms with van der Waals surface area (Å²) in [6.07, 6.45) is 0.418. The number of rotatable bonds is 2. The lowest BCUT2D eigenvalue weighted by molar-refractivity contribution is -0.141. The molecular formula is C14H14N2O4S. The van der Waals surface area contributed by atoms with E-state index >= 15 is 0 Å². The van der Waals surface area contributed by atoms with Crippen molar-refractivity contribution in [2.24, 2.45) is 5.92 Å². The highest BCUT2D eigenvalue weighted by atomic mass is 32.2. The molecule has 0 aromatic heterocycles. The van der Waals surface area contributed by atoms with Gasteiger partial charge in [-0.1, -0.05) is 30.0 Å². The smallest absolute Gasteiger partial charge is 0.308 e. The highest BCUT2D eigenvalue weighted by Crippen LogP contribution is 2.31. The highest BCUT2D eigenvalue weighted by molar-refractivity contribution is 8.14. The summed E-state index contributed by atoms with van der Waals surface area (Å²) in [5, 5.41) is 11.7. The molecule has 0 spiro atoms. The number of carboxylic acid groups (broad SMARTS) is 1. The fourth-order valence-corrected chi connectivity index (χ4v) is 3.44. The molecule has 7 heteroatoms. The van der Waals surface area contributed by atoms with Crippen LogP contribution in [0.2, 0.25) is 0 Å². The average Bonchev–Trinajstić information content (AvgIpc) is 2.92. The third-order valence-electron chi connectivity index (χ3n) is 3.74. The fourth-order valence-electron chi connectivity index (χ4n) is 2.68. The Balaban J connectivity index is 1.91. The number of hydrogen-bond acceptors (Lipinski definition) is 4. The van der Waals surface area contributed by atoms with Gasteiger partial charge in [0.2, 0.25) is 5.91 Å². The van der Waals surface area contributed by atoms with Crippen LogP contribution >= 0.6 is 11.8 Å². The van der Waals surface area contributed by atoms with Crippen molar-refractivity contribution in [3.63, 3.8) is 0 Å². The van der Waals surface area contributed by atoms with Gasteiger partial charge < -0.3 is 15.3 Å². The average molecular weight is 306 g/mol. The van der Waals surface area contributed by atoms with Gasteiger partial charge in [-0.2, -0.15) is 0 Å². The van der Waals surface area contributed by atoms with E-state index in [9.17, 15) is 19.5 Å². The van der Waals surface area contributed by atoms with Crippen LogP contribution in [-0.4, -0.2) is 40.6 Å². The Hall–Kier alpha value is -2.02. The molecule has 2 amide bonds. The molecule has 1 saturated heterocycles. The molecule has 1 aromatic carbocycles. The molecule has 6 nitrogen and oxygen atoms in total. The van der Waals surface area contributed by atoms with Crippen LogP contribution in [0.15, 0.2) is 24.3 Å². The molecule has 2 N–H and O–H groups in total. The van der Waals surface area contributed by atoms with Crippen LogP contribution in [0.5, 0.6) is 0 Å². The Bertz CT molecular complexity index is 619. The fraction of sp³-hybridized carbons (Fsp3) is 0.357. The van der Waals surface area contributed by atoms with Crippen LogP contribution in [0, 0.1) is 5.92 Å². The van der Waals surface area contributed by atoms with Crippen molar-refractivity contribution in [3.8, 4) is 0 Å². The van der Waals surface area contributed by atoms with Gasteiger partial charge in [-0.25, -0.2) is 0 Å². The minimum absolute atomic E-state index is 0.141. The SMILES string of the molecule is O=C1NC(C(=O)N2CC(C(=O)O)Cc3ccccc32)CS1. The lowest BCUT2D eigenvalue weighted by Crippen LogP contribution is -2.50. The first kappa shape index (κ1) is 13.9. The van der Waals surface area contributed by atoms with Crippen LogP contribution in [0.25, 0.3) is 0 Å². The van der Waals surface area contributed by atoms with Crippen molar-refractivity contribution < 1.29 is 19.5 Å². The zero-order valence-electron chi connectivity index (χ0n) is 11.1. The number of carboxylic acids is 1. The van der Waals surface area contributed by atoms with Gasteiger partial charge in [-0.05, 0) is 18.1 Å². The minimum atomic E-state index is -0.910. The standard InChI is InChI=1S/C14H14N2O4S/c17-12(10-7-21-14(20)15-10)16-6-9(13(18)19)5-8-3-1-2-4-11(8)16/h1-4,9-10H,5-7H2,(H,15,20)(H,18,19). The molecule has 21 heavy (non-hydrogen) atoms. The van der Waals surface area contributed by atoms with E-state index in [-0.39, 0.29) is 17.7 Å². The number of para-hydroxylation sites is 1. The summed E-state index contributed by atoms with van der Waals surface area (Å²) in [5.41, 5.74) is 1.59. The molecule has 110 valence electrons. The van der Waals surface area contributed by atoms with Gasteiger partial charge in [0.15, 0.2) is 0 Å². The quantitative estimate of drug-likeness (QED) is 0.854. The van der Waals surface area contributed by atoms with Gasteiger partial charge in [-0.3, -0.25) is 14.4 Å². The molecule has 2 aliphatic heterocycles. The van der Waals surface area contributed by atoms with Crippen molar-refractivity contribution in [1.82, 2.24) is 5.32 Å². The molecule has 2 heterocycles. The maximum Gasteiger partial charge on any atom is 0.308 e. The lowest BCUT2D eigenvalue weighted by atomic mass is 9.92. The Morgan fingerprint density at radius 1 is 1.33 bits per heavy atom. The van der Waals surface area contributed by atoms with Gasteiger partial charge in [0, 0.05) is 18.0 Å². The largest absolute Gasteiger partial charge is 0.481 e. The van der Waals surface area contributed by atoms with Crippen molar-refractivity contribution in [1.29, 1.82) is 0 Å². The molecule has 1 fully saturated rings. The molecule has 2 atom stereocenters. The van der Waals surface area contributed by atoms with E-state index in [4.69, 9.17) is 0 Å². The van der Waals surface area contributed by atoms with Gasteiger partial charge in [0.25, 0.3) is 5.24 Å². The van der Waals surface area contributed by atoms with Crippen molar-refractivity contribution in [2.75, 3.05) is 17.2 Å². The number of nitrogens with zero attached hydrogens (tertiary/aromatic N) is 1. The molecule has 0 aliphatic carbocycles. The van der Waals surface area contributed by atoms with E-state index in [0.29, 0.717) is 12.2 Å². The van der Waals surface area contributed by atoms with Gasteiger partial charge >= 0.3 is 5.97 Å². The van der Waals surface area contributed by atoms with Crippen LogP contribution < -0.4 is 10.2 Å². The maximum atomic E-state index is 12.6. The predicted molar refractivity (Wildman–Crippen MR) is 78.4 cm³/mol. The Morgan fingerprint density at radius 3 is 2.76 bits per heavy atom. The number of anilines is 1.